The van der Waals surface area contributed by atoms with Crippen molar-refractivity contribution < 1.29 is 9.71 Å². The Hall–Kier alpha value is -0.890. The van der Waals surface area contributed by atoms with Crippen LogP contribution in [0.3, 0.4) is 0 Å². The molecule has 94 valence electrons. The molecule has 3 atom stereocenters. The zero-order valence-corrected chi connectivity index (χ0v) is 10.8. The Balaban J connectivity index is 1.87. The topological polar surface area (TPSA) is 16.6 Å². The van der Waals surface area contributed by atoms with Crippen LogP contribution in [0.1, 0.15) is 38.7 Å². The minimum Gasteiger partial charge on any atom is -0.340 e. The van der Waals surface area contributed by atoms with Crippen molar-refractivity contribution in [1.82, 2.24) is 0 Å². The van der Waals surface area contributed by atoms with Gasteiger partial charge >= 0.3 is 0 Å². The van der Waals surface area contributed by atoms with Crippen LogP contribution in [0.15, 0.2) is 24.3 Å². The summed E-state index contributed by atoms with van der Waals surface area (Å²) < 4.78 is 12.8. The Morgan fingerprint density at radius 2 is 1.88 bits per heavy atom. The van der Waals surface area contributed by atoms with Gasteiger partial charge in [-0.2, -0.15) is 0 Å². The lowest BCUT2D eigenvalue weighted by molar-refractivity contribution is -0.713. The SMILES string of the molecule is C[C@@H]1[C@H](C)CCC[C@@H]1[NH2+]Cc1ccc(F)cc1. The first-order valence-corrected chi connectivity index (χ1v) is 6.74. The number of nitrogens with two attached hydrogens (primary N) is 1. The summed E-state index contributed by atoms with van der Waals surface area (Å²) in [5.74, 6) is 1.50. The molecule has 1 fully saturated rings. The van der Waals surface area contributed by atoms with Gasteiger partial charge in [0.15, 0.2) is 0 Å². The molecule has 0 saturated heterocycles. The minimum atomic E-state index is -0.145. The van der Waals surface area contributed by atoms with Crippen LogP contribution in [-0.2, 0) is 6.54 Å². The molecule has 0 radical (unpaired) electrons. The standard InChI is InChI=1S/C15H22FN/c1-11-4-3-5-15(12(11)2)17-10-13-6-8-14(16)9-7-13/h6-9,11-12,15,17H,3-5,10H2,1-2H3/p+1/t11-,12-,15+/m1/s1. The van der Waals surface area contributed by atoms with E-state index in [4.69, 9.17) is 0 Å². The Labute approximate surface area is 103 Å². The Kier molecular flexibility index (Phi) is 4.16. The van der Waals surface area contributed by atoms with Crippen molar-refractivity contribution in [2.75, 3.05) is 0 Å². The second kappa shape index (κ2) is 5.63. The van der Waals surface area contributed by atoms with E-state index in [1.54, 1.807) is 12.1 Å². The van der Waals surface area contributed by atoms with E-state index in [1.165, 1.54) is 24.8 Å². The molecule has 2 rings (SSSR count). The summed E-state index contributed by atoms with van der Waals surface area (Å²) in [6.07, 6.45) is 4.06. The second-order valence-corrected chi connectivity index (χ2v) is 5.50. The fourth-order valence-electron chi connectivity index (χ4n) is 2.86. The smallest absolute Gasteiger partial charge is 0.123 e. The van der Waals surface area contributed by atoms with Crippen LogP contribution < -0.4 is 5.32 Å². The van der Waals surface area contributed by atoms with Gasteiger partial charge in [0.1, 0.15) is 12.4 Å². The first-order valence-electron chi connectivity index (χ1n) is 6.74. The molecule has 0 unspecified atom stereocenters. The van der Waals surface area contributed by atoms with Crippen LogP contribution >= 0.6 is 0 Å². The van der Waals surface area contributed by atoms with Gasteiger partial charge in [-0.25, -0.2) is 4.39 Å². The van der Waals surface area contributed by atoms with Crippen molar-refractivity contribution in [2.24, 2.45) is 11.8 Å². The first-order chi connectivity index (χ1) is 8.16. The van der Waals surface area contributed by atoms with Gasteiger partial charge in [-0.3, -0.25) is 0 Å². The van der Waals surface area contributed by atoms with Gasteiger partial charge in [-0.15, -0.1) is 0 Å². The van der Waals surface area contributed by atoms with E-state index in [-0.39, 0.29) is 5.82 Å². The minimum absolute atomic E-state index is 0.145. The van der Waals surface area contributed by atoms with Crippen molar-refractivity contribution in [3.63, 3.8) is 0 Å². The third-order valence-electron chi connectivity index (χ3n) is 4.34. The summed E-state index contributed by atoms with van der Waals surface area (Å²) in [4.78, 5) is 0. The predicted octanol–water partition coefficient (Wildman–Crippen LogP) is 2.71. The average Bonchev–Trinajstić information content (AvgIpc) is 2.33. The molecule has 0 aromatic heterocycles. The lowest BCUT2D eigenvalue weighted by Gasteiger charge is -2.32. The zero-order chi connectivity index (χ0) is 12.3. The van der Waals surface area contributed by atoms with Crippen LogP contribution in [0.5, 0.6) is 0 Å². The van der Waals surface area contributed by atoms with E-state index in [0.717, 1.165) is 24.4 Å². The molecular formula is C15H23FN+. The van der Waals surface area contributed by atoms with Gasteiger partial charge in [0.25, 0.3) is 0 Å². The van der Waals surface area contributed by atoms with Gasteiger partial charge in [-0.1, -0.05) is 26.0 Å². The molecule has 2 heteroatoms. The van der Waals surface area contributed by atoms with Crippen molar-refractivity contribution >= 4 is 0 Å². The van der Waals surface area contributed by atoms with Crippen molar-refractivity contribution in [3.05, 3.63) is 35.6 Å². The van der Waals surface area contributed by atoms with E-state index < -0.39 is 0 Å². The largest absolute Gasteiger partial charge is 0.340 e. The van der Waals surface area contributed by atoms with Crippen LogP contribution in [0, 0.1) is 17.7 Å². The predicted molar refractivity (Wildman–Crippen MR) is 68.0 cm³/mol. The zero-order valence-electron chi connectivity index (χ0n) is 10.8. The molecule has 17 heavy (non-hydrogen) atoms. The highest BCUT2D eigenvalue weighted by atomic mass is 19.1. The van der Waals surface area contributed by atoms with Gasteiger partial charge in [0.2, 0.25) is 0 Å². The molecule has 1 aliphatic carbocycles. The fourth-order valence-corrected chi connectivity index (χ4v) is 2.86. The van der Waals surface area contributed by atoms with E-state index in [9.17, 15) is 4.39 Å². The fraction of sp³-hybridized carbons (Fsp3) is 0.600. The molecule has 0 amide bonds. The van der Waals surface area contributed by atoms with E-state index in [2.05, 4.69) is 19.2 Å². The Morgan fingerprint density at radius 3 is 2.59 bits per heavy atom. The van der Waals surface area contributed by atoms with Crippen LogP contribution in [0.2, 0.25) is 0 Å². The molecule has 0 heterocycles. The highest BCUT2D eigenvalue weighted by molar-refractivity contribution is 5.14. The number of halogens is 1. The average molecular weight is 236 g/mol. The Bertz CT molecular complexity index is 346. The molecule has 1 aromatic carbocycles. The quantitative estimate of drug-likeness (QED) is 0.831. The van der Waals surface area contributed by atoms with Gasteiger partial charge in [0.05, 0.1) is 6.04 Å². The normalized spacial score (nSPS) is 29.2. The van der Waals surface area contributed by atoms with Gasteiger partial charge in [0, 0.05) is 11.5 Å². The van der Waals surface area contributed by atoms with E-state index in [1.807, 2.05) is 12.1 Å². The van der Waals surface area contributed by atoms with Crippen molar-refractivity contribution in [2.45, 2.75) is 45.7 Å². The van der Waals surface area contributed by atoms with Gasteiger partial charge < -0.3 is 5.32 Å². The molecule has 0 spiro atoms. The summed E-state index contributed by atoms with van der Waals surface area (Å²) in [5.41, 5.74) is 1.22. The maximum absolute atomic E-state index is 12.8. The number of hydrogen-bond donors (Lipinski definition) is 1. The number of benzene rings is 1. The lowest BCUT2D eigenvalue weighted by atomic mass is 9.78. The molecule has 2 N–H and O–H groups in total. The lowest BCUT2D eigenvalue weighted by Crippen LogP contribution is -2.90. The van der Waals surface area contributed by atoms with E-state index in [0.29, 0.717) is 0 Å². The molecule has 0 bridgehead atoms. The maximum atomic E-state index is 12.8. The van der Waals surface area contributed by atoms with Crippen LogP contribution in [0.4, 0.5) is 4.39 Å². The molecule has 1 saturated carbocycles. The first kappa shape index (κ1) is 12.6. The highest BCUT2D eigenvalue weighted by Gasteiger charge is 2.29. The molecule has 1 nitrogen and oxygen atoms in total. The second-order valence-electron chi connectivity index (χ2n) is 5.50. The number of hydrogen-bond acceptors (Lipinski definition) is 0. The molecule has 0 aliphatic heterocycles. The molecule has 1 aromatic rings. The maximum Gasteiger partial charge on any atom is 0.123 e. The third-order valence-corrected chi connectivity index (χ3v) is 4.34. The number of quaternary nitrogens is 1. The monoisotopic (exact) mass is 236 g/mol. The third kappa shape index (κ3) is 3.29. The van der Waals surface area contributed by atoms with Crippen LogP contribution in [0.25, 0.3) is 0 Å². The summed E-state index contributed by atoms with van der Waals surface area (Å²) in [5, 5.41) is 2.44. The van der Waals surface area contributed by atoms with Gasteiger partial charge in [-0.05, 0) is 37.3 Å². The van der Waals surface area contributed by atoms with Crippen molar-refractivity contribution in [1.29, 1.82) is 0 Å². The molecule has 1 aliphatic rings. The van der Waals surface area contributed by atoms with Crippen molar-refractivity contribution in [3.8, 4) is 0 Å². The summed E-state index contributed by atoms with van der Waals surface area (Å²) in [6, 6.07) is 7.63. The highest BCUT2D eigenvalue weighted by Crippen LogP contribution is 2.27. The van der Waals surface area contributed by atoms with Crippen LogP contribution in [-0.4, -0.2) is 6.04 Å². The molecular weight excluding hydrogens is 213 g/mol. The summed E-state index contributed by atoms with van der Waals surface area (Å²) >= 11 is 0. The van der Waals surface area contributed by atoms with E-state index >= 15 is 0 Å². The number of rotatable bonds is 3. The summed E-state index contributed by atoms with van der Waals surface area (Å²) in [6.45, 7) is 5.71. The Morgan fingerprint density at radius 1 is 1.18 bits per heavy atom. The summed E-state index contributed by atoms with van der Waals surface area (Å²) in [7, 11) is 0.